The number of benzene rings is 4. The van der Waals surface area contributed by atoms with Crippen molar-refractivity contribution in [1.82, 2.24) is 15.7 Å². The average molecular weight is 1050 g/mol. The van der Waals surface area contributed by atoms with Gasteiger partial charge in [0.25, 0.3) is 27.8 Å². The first-order valence-corrected chi connectivity index (χ1v) is 26.9. The smallest absolute Gasteiger partial charge is 0.363 e. The van der Waals surface area contributed by atoms with Crippen LogP contribution in [0.4, 0.5) is 0 Å². The molecule has 0 aliphatic carbocycles. The Kier molecular flexibility index (Phi) is 21.6. The summed E-state index contributed by atoms with van der Waals surface area (Å²) in [6.45, 7) is 4.09. The van der Waals surface area contributed by atoms with Crippen LogP contribution in [-0.4, -0.2) is 132 Å². The molecular weight excluding hydrogens is 999 g/mol. The van der Waals surface area contributed by atoms with Crippen LogP contribution < -0.4 is 10.6 Å². The van der Waals surface area contributed by atoms with Crippen LogP contribution in [0.25, 0.3) is 0 Å². The van der Waals surface area contributed by atoms with Crippen LogP contribution in [0, 0.1) is 26.2 Å². The predicted octanol–water partition coefficient (Wildman–Crippen LogP) is 3.46. The largest absolute Gasteiger partial charge is 0.377 e. The number of aryl methyl sites for hydroxylation is 2. The quantitative estimate of drug-likeness (QED) is 0.0281. The number of nitrogens with zero attached hydrogens (tertiary/aromatic N) is 1. The van der Waals surface area contributed by atoms with E-state index in [0.29, 0.717) is 5.06 Å². The summed E-state index contributed by atoms with van der Waals surface area (Å²) in [5.41, 5.74) is 2.50. The standard InChI is InChI=1S/C28H34N2O10S2.C21H19NO7S/c1-3-16-39-18-19-40-17-15-30-28(33)26(42(36,37)38)12-14-29-27(32)23-8-6-22(7-9-23)25(31)13-20-41(34,35)24-10-4-21(2)5-11-24;1-14-2-8-17(9-3-14)30(27,28)13-12-18(23)15-4-6-16(7-5-15)21(26)29-22-19(24)10-11-20(22)25/h1,4-11,26H,12-20H2,2H3,(H,29,32)(H,30,33)(H,36,37,38);2-9H,10-13H2,1H3. The van der Waals surface area contributed by atoms with Crippen molar-refractivity contribution in [3.05, 3.63) is 130 Å². The van der Waals surface area contributed by atoms with Crippen LogP contribution in [0.15, 0.2) is 107 Å². The maximum absolute atomic E-state index is 12.5. The lowest BCUT2D eigenvalue weighted by molar-refractivity contribution is -0.172. The molecule has 0 bridgehead atoms. The number of amides is 4. The minimum atomic E-state index is -4.76. The highest BCUT2D eigenvalue weighted by Crippen LogP contribution is 2.19. The zero-order valence-electron chi connectivity index (χ0n) is 39.2. The van der Waals surface area contributed by atoms with E-state index in [9.17, 15) is 63.4 Å². The average Bonchev–Trinajstić information content (AvgIpc) is 3.66. The van der Waals surface area contributed by atoms with Gasteiger partial charge in [0, 0.05) is 55.5 Å². The van der Waals surface area contributed by atoms with Gasteiger partial charge >= 0.3 is 5.97 Å². The summed E-state index contributed by atoms with van der Waals surface area (Å²) in [4.78, 5) is 89.8. The minimum absolute atomic E-state index is 0.00888. The molecule has 0 radical (unpaired) electrons. The van der Waals surface area contributed by atoms with E-state index in [2.05, 4.69) is 16.6 Å². The fourth-order valence-corrected chi connectivity index (χ4v) is 9.66. The number of rotatable bonds is 25. The Labute approximate surface area is 417 Å². The number of terminal acetylenes is 1. The molecule has 0 saturated carbocycles. The number of ether oxygens (including phenoxy) is 2. The fourth-order valence-electron chi connectivity index (χ4n) is 6.41. The third-order valence-electron chi connectivity index (χ3n) is 10.5. The molecule has 1 aliphatic heterocycles. The highest BCUT2D eigenvalue weighted by molar-refractivity contribution is 7.91. The van der Waals surface area contributed by atoms with Gasteiger partial charge in [0.1, 0.15) is 6.61 Å². The second kappa shape index (κ2) is 27.0. The SMILES string of the molecule is C#CCOCCOCCNC(=O)C(CCNC(=O)c1ccc(C(=O)CCS(=O)(=O)c2ccc(C)cc2)cc1)S(=O)(=O)O.Cc1ccc(S(=O)(=O)CCC(=O)c2ccc(C(=O)ON3C(=O)CCC3=O)cc2)cc1. The number of imide groups is 1. The molecular formula is C49H53N3O17S3. The lowest BCUT2D eigenvalue weighted by atomic mass is 10.1. The van der Waals surface area contributed by atoms with E-state index in [4.69, 9.17) is 20.7 Å². The molecule has 1 fully saturated rings. The van der Waals surface area contributed by atoms with Gasteiger partial charge in [0.05, 0.1) is 46.7 Å². The number of Topliss-reactive ketones (excluding diaryl/α,β-unsaturated/α-hetero) is 2. The summed E-state index contributed by atoms with van der Waals surface area (Å²) in [6, 6.07) is 23.6. The van der Waals surface area contributed by atoms with E-state index >= 15 is 0 Å². The van der Waals surface area contributed by atoms with Crippen molar-refractivity contribution in [3.8, 4) is 12.3 Å². The van der Waals surface area contributed by atoms with Crippen LogP contribution >= 0.6 is 0 Å². The lowest BCUT2D eigenvalue weighted by Gasteiger charge is -2.15. The Morgan fingerprint density at radius 3 is 1.53 bits per heavy atom. The van der Waals surface area contributed by atoms with E-state index in [0.717, 1.165) is 11.1 Å². The van der Waals surface area contributed by atoms with Gasteiger partial charge in [-0.05, 0) is 68.8 Å². The molecule has 384 valence electrons. The Morgan fingerprint density at radius 2 is 1.07 bits per heavy atom. The summed E-state index contributed by atoms with van der Waals surface area (Å²) in [5, 5.41) is 3.44. The maximum atomic E-state index is 12.5. The first kappa shape index (κ1) is 57.6. The van der Waals surface area contributed by atoms with Crippen molar-refractivity contribution < 1.29 is 77.7 Å². The molecule has 4 amide bonds. The molecule has 1 atom stereocenters. The summed E-state index contributed by atoms with van der Waals surface area (Å²) in [7, 11) is -12.0. The Bertz CT molecular complexity index is 2960. The van der Waals surface area contributed by atoms with Crippen LogP contribution in [0.1, 0.15) is 84.7 Å². The zero-order valence-corrected chi connectivity index (χ0v) is 41.7. The molecule has 0 spiro atoms. The predicted molar refractivity (Wildman–Crippen MR) is 260 cm³/mol. The van der Waals surface area contributed by atoms with Crippen LogP contribution in [0.3, 0.4) is 0 Å². The first-order valence-electron chi connectivity index (χ1n) is 22.1. The number of hydrogen-bond acceptors (Lipinski definition) is 16. The molecule has 20 nitrogen and oxygen atoms in total. The maximum Gasteiger partial charge on any atom is 0.363 e. The molecule has 72 heavy (non-hydrogen) atoms. The second-order valence-electron chi connectivity index (χ2n) is 15.9. The van der Waals surface area contributed by atoms with Gasteiger partial charge in [-0.3, -0.25) is 33.3 Å². The van der Waals surface area contributed by atoms with Crippen molar-refractivity contribution in [1.29, 1.82) is 0 Å². The summed E-state index contributed by atoms with van der Waals surface area (Å²) in [5.74, 6) is -2.85. The van der Waals surface area contributed by atoms with E-state index in [-0.39, 0.29) is 109 Å². The van der Waals surface area contributed by atoms with Gasteiger partial charge in [-0.1, -0.05) is 65.6 Å². The number of carbonyl (C=O) groups is 7. The van der Waals surface area contributed by atoms with E-state index in [1.165, 1.54) is 72.8 Å². The fraction of sp³-hybridized carbons (Fsp3) is 0.327. The van der Waals surface area contributed by atoms with Gasteiger partial charge < -0.3 is 24.9 Å². The molecule has 1 heterocycles. The van der Waals surface area contributed by atoms with Gasteiger partial charge in [0.15, 0.2) is 36.5 Å². The molecule has 1 unspecified atom stereocenters. The molecule has 4 aromatic carbocycles. The molecule has 1 saturated heterocycles. The van der Waals surface area contributed by atoms with Crippen molar-refractivity contribution in [2.24, 2.45) is 0 Å². The molecule has 5 rings (SSSR count). The van der Waals surface area contributed by atoms with Crippen molar-refractivity contribution in [2.75, 3.05) is 51.0 Å². The van der Waals surface area contributed by atoms with Gasteiger partial charge in [-0.15, -0.1) is 11.5 Å². The number of hydroxylamine groups is 2. The van der Waals surface area contributed by atoms with E-state index in [1.54, 1.807) is 24.3 Å². The third kappa shape index (κ3) is 18.0. The third-order valence-corrected chi connectivity index (χ3v) is 15.1. The van der Waals surface area contributed by atoms with Crippen molar-refractivity contribution in [2.45, 2.75) is 61.0 Å². The van der Waals surface area contributed by atoms with Crippen molar-refractivity contribution in [3.63, 3.8) is 0 Å². The molecule has 0 aromatic heterocycles. The van der Waals surface area contributed by atoms with E-state index < -0.39 is 82.6 Å². The summed E-state index contributed by atoms with van der Waals surface area (Å²) >= 11 is 0. The Balaban J connectivity index is 0.000000329. The number of carbonyl (C=O) groups excluding carboxylic acids is 7. The monoisotopic (exact) mass is 1050 g/mol. The molecule has 23 heteroatoms. The van der Waals surface area contributed by atoms with Gasteiger partial charge in [-0.25, -0.2) is 21.6 Å². The molecule has 4 aromatic rings. The number of sulfone groups is 2. The lowest BCUT2D eigenvalue weighted by Crippen LogP contribution is -2.43. The van der Waals surface area contributed by atoms with Gasteiger partial charge in [-0.2, -0.15) is 8.42 Å². The zero-order chi connectivity index (χ0) is 53.1. The highest BCUT2D eigenvalue weighted by atomic mass is 32.2. The first-order chi connectivity index (χ1) is 34.0. The number of nitrogens with one attached hydrogen (secondary N) is 2. The number of ketones is 2. The topological polar surface area (TPSA) is 297 Å². The Hall–Kier alpha value is -6.94. The normalized spacial score (nSPS) is 13.0. The van der Waals surface area contributed by atoms with Gasteiger partial charge in [0.2, 0.25) is 5.91 Å². The molecule has 3 N–H and O–H groups in total. The summed E-state index contributed by atoms with van der Waals surface area (Å²) in [6.07, 6.45) is 4.17. The van der Waals surface area contributed by atoms with Crippen LogP contribution in [-0.2, 0) is 58.5 Å². The van der Waals surface area contributed by atoms with Crippen LogP contribution in [0.5, 0.6) is 0 Å². The van der Waals surface area contributed by atoms with Crippen LogP contribution in [0.2, 0.25) is 0 Å². The van der Waals surface area contributed by atoms with E-state index in [1.807, 2.05) is 13.8 Å². The number of hydrogen-bond donors (Lipinski definition) is 3. The minimum Gasteiger partial charge on any atom is -0.377 e. The van der Waals surface area contributed by atoms with Crippen molar-refractivity contribution >= 4 is 71.0 Å². The highest BCUT2D eigenvalue weighted by Gasteiger charge is 2.33. The Morgan fingerprint density at radius 1 is 0.625 bits per heavy atom. The second-order valence-corrected chi connectivity index (χ2v) is 21.8. The summed E-state index contributed by atoms with van der Waals surface area (Å²) < 4.78 is 92.8. The molecule has 1 aliphatic rings.